The summed E-state index contributed by atoms with van der Waals surface area (Å²) in [7, 11) is 2.08. The summed E-state index contributed by atoms with van der Waals surface area (Å²) in [5.74, 6) is 0. The van der Waals surface area contributed by atoms with Crippen molar-refractivity contribution in [1.82, 2.24) is 0 Å². The summed E-state index contributed by atoms with van der Waals surface area (Å²) in [6.07, 6.45) is 8.00. The average molecular weight is 297 g/mol. The van der Waals surface area contributed by atoms with Gasteiger partial charge in [0.2, 0.25) is 0 Å². The molecule has 0 radical (unpaired) electrons. The molecule has 2 rings (SSSR count). The van der Waals surface area contributed by atoms with Gasteiger partial charge in [-0.3, -0.25) is 4.79 Å². The molecule has 1 atom stereocenters. The molecular weight excluding hydrogens is 281 g/mol. The Bertz CT molecular complexity index is 399. The number of carbonyl (C=O) groups is 1. The number of halogens is 2. The molecule has 1 unspecified atom stereocenters. The fourth-order valence-corrected chi connectivity index (χ4v) is 2.60. The second-order valence-electron chi connectivity index (χ2n) is 3.97. The molecule has 1 nitrogen and oxygen atoms in total. The number of hydrogen-bond acceptors (Lipinski definition) is 1. The van der Waals surface area contributed by atoms with Crippen molar-refractivity contribution in [3.8, 4) is 0 Å². The van der Waals surface area contributed by atoms with E-state index in [9.17, 15) is 4.79 Å². The zero-order chi connectivity index (χ0) is 12.8. The number of benzene rings is 1. The van der Waals surface area contributed by atoms with Gasteiger partial charge in [0.15, 0.2) is 5.52 Å². The molecule has 0 aliphatic heterocycles. The second kappa shape index (κ2) is 9.41. The number of carbonyl (C=O) groups excluding carboxylic acids is 1. The Hall–Kier alpha value is 0.497. The maximum atomic E-state index is 11.1. The van der Waals surface area contributed by atoms with E-state index in [0.29, 0.717) is 15.6 Å². The van der Waals surface area contributed by atoms with Gasteiger partial charge >= 0.3 is 18.9 Å². The van der Waals surface area contributed by atoms with Crippen LogP contribution in [0.4, 0.5) is 0 Å². The van der Waals surface area contributed by atoms with Crippen LogP contribution in [0.25, 0.3) is 0 Å². The maximum absolute atomic E-state index is 11.1. The van der Waals surface area contributed by atoms with Gasteiger partial charge in [0.25, 0.3) is 0 Å². The summed E-state index contributed by atoms with van der Waals surface area (Å²) in [5.41, 5.74) is 1.07. The van der Waals surface area contributed by atoms with E-state index in [4.69, 9.17) is 23.2 Å². The number of hydrogen-bond donors (Lipinski definition) is 0. The number of rotatable bonds is 1. The molecule has 1 aliphatic rings. The molecule has 0 aromatic heterocycles. The van der Waals surface area contributed by atoms with Crippen molar-refractivity contribution in [2.24, 2.45) is 0 Å². The third kappa shape index (κ3) is 5.64. The van der Waals surface area contributed by atoms with Crippen LogP contribution < -0.4 is 18.9 Å². The van der Waals surface area contributed by atoms with Gasteiger partial charge < -0.3 is 6.42 Å². The van der Waals surface area contributed by atoms with Crippen molar-refractivity contribution in [3.63, 3.8) is 0 Å². The van der Waals surface area contributed by atoms with Crippen molar-refractivity contribution in [2.75, 3.05) is 0 Å². The van der Waals surface area contributed by atoms with Crippen LogP contribution in [0.15, 0.2) is 12.1 Å². The first kappa shape index (κ1) is 18.5. The first-order valence-corrected chi connectivity index (χ1v) is 6.93. The van der Waals surface area contributed by atoms with E-state index in [1.807, 2.05) is 0 Å². The molecule has 0 bridgehead atoms. The average Bonchev–Trinajstić information content (AvgIpc) is 2.82. The standard InChI is InChI=1S/C8H7Cl2OP.C5H9.Li/c1-4-5(9)2-3-6(10)7(4)8(11)12;1-2-4-5-3-1;/h2-3H,12H2,1H3;1H,2-5H2;/q;-1;+1. The zero-order valence-corrected chi connectivity index (χ0v) is 13.5. The topological polar surface area (TPSA) is 17.1 Å². The first-order chi connectivity index (χ1) is 8.04. The Morgan fingerprint density at radius 1 is 1.22 bits per heavy atom. The summed E-state index contributed by atoms with van der Waals surface area (Å²) in [4.78, 5) is 11.1. The van der Waals surface area contributed by atoms with Gasteiger partial charge in [0, 0.05) is 10.6 Å². The Morgan fingerprint density at radius 3 is 2.06 bits per heavy atom. The van der Waals surface area contributed by atoms with Gasteiger partial charge in [0.1, 0.15) is 0 Å². The summed E-state index contributed by atoms with van der Waals surface area (Å²) >= 11 is 11.6. The van der Waals surface area contributed by atoms with E-state index in [-0.39, 0.29) is 24.4 Å². The molecule has 18 heavy (non-hydrogen) atoms. The third-order valence-electron chi connectivity index (χ3n) is 2.66. The first-order valence-electron chi connectivity index (χ1n) is 5.60. The molecule has 94 valence electrons. The molecule has 0 N–H and O–H groups in total. The van der Waals surface area contributed by atoms with E-state index in [2.05, 4.69) is 15.7 Å². The van der Waals surface area contributed by atoms with Crippen LogP contribution in [-0.4, -0.2) is 5.52 Å². The van der Waals surface area contributed by atoms with Crippen LogP contribution in [0.1, 0.15) is 41.6 Å². The molecule has 1 aliphatic carbocycles. The minimum Gasteiger partial charge on any atom is -0.328 e. The van der Waals surface area contributed by atoms with Gasteiger partial charge in [-0.05, 0) is 24.6 Å². The Balaban J connectivity index is 0.000000405. The van der Waals surface area contributed by atoms with Crippen LogP contribution in [0.5, 0.6) is 0 Å². The normalized spacial score (nSPS) is 13.3. The Labute approximate surface area is 133 Å². The predicted molar refractivity (Wildman–Crippen MR) is 78.0 cm³/mol. The van der Waals surface area contributed by atoms with E-state index in [0.717, 1.165) is 5.56 Å². The minimum absolute atomic E-state index is 0. The molecule has 0 heterocycles. The summed E-state index contributed by atoms with van der Waals surface area (Å²) in [5, 5.41) is 1.00. The molecule has 1 saturated carbocycles. The van der Waals surface area contributed by atoms with Crippen molar-refractivity contribution in [1.29, 1.82) is 0 Å². The predicted octanol–water partition coefficient (Wildman–Crippen LogP) is 2.09. The Morgan fingerprint density at radius 2 is 1.72 bits per heavy atom. The van der Waals surface area contributed by atoms with Crippen molar-refractivity contribution >= 4 is 38.0 Å². The van der Waals surface area contributed by atoms with Crippen LogP contribution in [-0.2, 0) is 0 Å². The molecule has 1 aromatic rings. The van der Waals surface area contributed by atoms with Gasteiger partial charge in [0.05, 0.1) is 5.02 Å². The van der Waals surface area contributed by atoms with Gasteiger partial charge in [-0.25, -0.2) is 0 Å². The molecule has 0 spiro atoms. The van der Waals surface area contributed by atoms with E-state index in [1.54, 1.807) is 19.1 Å². The second-order valence-corrected chi connectivity index (χ2v) is 5.31. The molecule has 5 heteroatoms. The molecular formula is C13H16Cl2LiOP. The minimum atomic E-state index is -0.139. The van der Waals surface area contributed by atoms with E-state index >= 15 is 0 Å². The van der Waals surface area contributed by atoms with Crippen molar-refractivity contribution < 1.29 is 23.7 Å². The van der Waals surface area contributed by atoms with Crippen LogP contribution in [0, 0.1) is 13.3 Å². The van der Waals surface area contributed by atoms with E-state index in [1.165, 1.54) is 25.7 Å². The van der Waals surface area contributed by atoms with Gasteiger partial charge in [-0.2, -0.15) is 12.8 Å². The molecule has 0 saturated heterocycles. The van der Waals surface area contributed by atoms with Gasteiger partial charge in [-0.1, -0.05) is 45.3 Å². The molecule has 0 amide bonds. The largest absolute Gasteiger partial charge is 1.00 e. The quantitative estimate of drug-likeness (QED) is 0.441. The molecule has 1 fully saturated rings. The SMILES string of the molecule is Cc1c(Cl)ccc(Cl)c1C(=O)P.[CH-]1CCCC1.[Li+]. The fraction of sp³-hybridized carbons (Fsp3) is 0.385. The molecule has 1 aromatic carbocycles. The van der Waals surface area contributed by atoms with Crippen LogP contribution in [0.3, 0.4) is 0 Å². The van der Waals surface area contributed by atoms with E-state index < -0.39 is 0 Å². The third-order valence-corrected chi connectivity index (χ3v) is 3.67. The fourth-order valence-electron chi connectivity index (χ4n) is 1.68. The summed E-state index contributed by atoms with van der Waals surface area (Å²) in [6.45, 7) is 1.77. The van der Waals surface area contributed by atoms with Crippen molar-refractivity contribution in [2.45, 2.75) is 32.6 Å². The van der Waals surface area contributed by atoms with Crippen LogP contribution >= 0.6 is 32.4 Å². The maximum Gasteiger partial charge on any atom is 1.00 e. The Kier molecular flexibility index (Phi) is 9.67. The summed E-state index contributed by atoms with van der Waals surface area (Å²) in [6, 6.07) is 3.30. The monoisotopic (exact) mass is 296 g/mol. The smallest absolute Gasteiger partial charge is 0.328 e. The summed E-state index contributed by atoms with van der Waals surface area (Å²) < 4.78 is 0. The van der Waals surface area contributed by atoms with Crippen molar-refractivity contribution in [3.05, 3.63) is 39.7 Å². The van der Waals surface area contributed by atoms with Gasteiger partial charge in [-0.15, -0.1) is 0 Å². The van der Waals surface area contributed by atoms with Crippen LogP contribution in [0.2, 0.25) is 10.0 Å². The zero-order valence-electron chi connectivity index (χ0n) is 10.8.